The Hall–Kier alpha value is -3.97. The van der Waals surface area contributed by atoms with E-state index < -0.39 is 0 Å². The Balaban J connectivity index is 1.23. The number of nitrogens with two attached hydrogens (primary N) is 1. The van der Waals surface area contributed by atoms with Crippen LogP contribution in [0.5, 0.6) is 0 Å². The summed E-state index contributed by atoms with van der Waals surface area (Å²) in [6.45, 7) is 4.28. The molecule has 0 saturated heterocycles. The molecule has 6 rings (SSSR count). The summed E-state index contributed by atoms with van der Waals surface area (Å²) in [4.78, 5) is 21.5. The lowest BCUT2D eigenvalue weighted by atomic mass is 9.84. The Morgan fingerprint density at radius 1 is 1.03 bits per heavy atom. The van der Waals surface area contributed by atoms with Crippen molar-refractivity contribution in [1.29, 1.82) is 0 Å². The third-order valence-electron chi connectivity index (χ3n) is 6.77. The van der Waals surface area contributed by atoms with E-state index in [1.807, 2.05) is 38.1 Å². The van der Waals surface area contributed by atoms with Gasteiger partial charge in [-0.15, -0.1) is 0 Å². The number of benzene rings is 2. The van der Waals surface area contributed by atoms with E-state index in [9.17, 15) is 4.79 Å². The van der Waals surface area contributed by atoms with Crippen LogP contribution in [0.4, 0.5) is 5.82 Å². The van der Waals surface area contributed by atoms with Crippen molar-refractivity contribution in [1.82, 2.24) is 15.3 Å². The van der Waals surface area contributed by atoms with E-state index in [0.29, 0.717) is 24.3 Å². The van der Waals surface area contributed by atoms with Crippen molar-refractivity contribution in [2.24, 2.45) is 0 Å². The normalized spacial score (nSPS) is 17.5. The maximum atomic E-state index is 13.0. The SMILES string of the molecule is Cc1cc(N)nc(C)c1CNC(=O)c1ccc2c(c1)C1OC2c2ccc(Cc3cocn3)cc21. The van der Waals surface area contributed by atoms with Gasteiger partial charge in [0.15, 0.2) is 6.39 Å². The van der Waals surface area contributed by atoms with Gasteiger partial charge in [0.25, 0.3) is 5.91 Å². The number of nitrogens with one attached hydrogen (secondary N) is 1. The minimum atomic E-state index is -0.161. The van der Waals surface area contributed by atoms with Gasteiger partial charge in [-0.1, -0.05) is 24.3 Å². The zero-order valence-corrected chi connectivity index (χ0v) is 19.0. The monoisotopic (exact) mass is 452 g/mol. The summed E-state index contributed by atoms with van der Waals surface area (Å²) in [5, 5.41) is 3.03. The molecule has 2 aliphatic rings. The van der Waals surface area contributed by atoms with Gasteiger partial charge in [0.2, 0.25) is 0 Å². The molecule has 34 heavy (non-hydrogen) atoms. The van der Waals surface area contributed by atoms with Crippen molar-refractivity contribution < 1.29 is 13.9 Å². The fraction of sp³-hybridized carbons (Fsp3) is 0.222. The number of anilines is 1. The quantitative estimate of drug-likeness (QED) is 0.468. The third-order valence-corrected chi connectivity index (χ3v) is 6.77. The van der Waals surface area contributed by atoms with Gasteiger partial charge in [-0.3, -0.25) is 4.79 Å². The Labute approximate surface area is 197 Å². The average Bonchev–Trinajstić information content (AvgIpc) is 3.54. The van der Waals surface area contributed by atoms with Crippen LogP contribution < -0.4 is 11.1 Å². The van der Waals surface area contributed by atoms with E-state index in [0.717, 1.165) is 44.8 Å². The Bertz CT molecular complexity index is 1410. The predicted molar refractivity (Wildman–Crippen MR) is 126 cm³/mol. The first-order valence-corrected chi connectivity index (χ1v) is 11.3. The first-order chi connectivity index (χ1) is 16.5. The van der Waals surface area contributed by atoms with E-state index in [2.05, 4.69) is 33.5 Å². The van der Waals surface area contributed by atoms with Crippen LogP contribution in [0, 0.1) is 13.8 Å². The molecule has 1 amide bonds. The van der Waals surface area contributed by atoms with Gasteiger partial charge >= 0.3 is 0 Å². The van der Waals surface area contributed by atoms with Crippen LogP contribution in [-0.2, 0) is 17.7 Å². The van der Waals surface area contributed by atoms with Crippen LogP contribution in [-0.4, -0.2) is 15.9 Å². The number of pyridine rings is 1. The van der Waals surface area contributed by atoms with Crippen molar-refractivity contribution in [2.75, 3.05) is 5.73 Å². The number of hydrogen-bond donors (Lipinski definition) is 2. The molecule has 7 nitrogen and oxygen atoms in total. The number of carbonyl (C=O) groups is 1. The van der Waals surface area contributed by atoms with Crippen molar-refractivity contribution in [3.8, 4) is 0 Å². The number of aromatic nitrogens is 2. The molecule has 2 atom stereocenters. The van der Waals surface area contributed by atoms with Crippen LogP contribution in [0.3, 0.4) is 0 Å². The molecule has 3 N–H and O–H groups in total. The molecule has 0 fully saturated rings. The molecular formula is C27H24N4O3. The third kappa shape index (κ3) is 3.36. The summed E-state index contributed by atoms with van der Waals surface area (Å²) in [5.74, 6) is 0.365. The van der Waals surface area contributed by atoms with Gasteiger partial charge in [0, 0.05) is 24.2 Å². The highest BCUT2D eigenvalue weighted by atomic mass is 16.5. The van der Waals surface area contributed by atoms with Gasteiger partial charge in [0.1, 0.15) is 24.3 Å². The molecule has 2 aromatic carbocycles. The summed E-state index contributed by atoms with van der Waals surface area (Å²) in [5.41, 5.74) is 15.9. The topological polar surface area (TPSA) is 103 Å². The van der Waals surface area contributed by atoms with Gasteiger partial charge in [0.05, 0.1) is 5.69 Å². The fourth-order valence-corrected chi connectivity index (χ4v) is 5.11. The maximum Gasteiger partial charge on any atom is 0.251 e. The molecule has 170 valence electrons. The minimum absolute atomic E-state index is 0.0839. The van der Waals surface area contributed by atoms with Crippen molar-refractivity contribution in [3.63, 3.8) is 0 Å². The zero-order chi connectivity index (χ0) is 23.4. The summed E-state index contributed by atoms with van der Waals surface area (Å²) in [7, 11) is 0. The first kappa shape index (κ1) is 20.6. The molecule has 2 aromatic heterocycles. The Kier molecular flexibility index (Phi) is 4.74. The first-order valence-electron chi connectivity index (χ1n) is 11.3. The molecule has 2 aliphatic heterocycles. The highest BCUT2D eigenvalue weighted by Crippen LogP contribution is 2.54. The van der Waals surface area contributed by atoms with Crippen molar-refractivity contribution in [2.45, 2.75) is 39.0 Å². The maximum absolute atomic E-state index is 13.0. The second-order valence-corrected chi connectivity index (χ2v) is 8.97. The summed E-state index contributed by atoms with van der Waals surface area (Å²) >= 11 is 0. The molecule has 4 heterocycles. The van der Waals surface area contributed by atoms with Crippen molar-refractivity contribution in [3.05, 3.63) is 111 Å². The van der Waals surface area contributed by atoms with Crippen LogP contribution in [0.2, 0.25) is 0 Å². The number of nitrogens with zero attached hydrogens (tertiary/aromatic N) is 2. The van der Waals surface area contributed by atoms with E-state index in [1.54, 1.807) is 6.26 Å². The standard InChI is InChI=1S/C27H24N4O3/c1-14-7-24(28)31-15(2)23(14)11-29-27(32)17-4-6-20-22(10-17)26-21-9-16(8-18-12-33-13-30-18)3-5-19(21)25(20)34-26/h3-7,9-10,12-13,25-26H,8,11H2,1-2H3,(H2,28,31)(H,29,32). The predicted octanol–water partition coefficient (Wildman–Crippen LogP) is 4.31. The van der Waals surface area contributed by atoms with Gasteiger partial charge in [-0.25, -0.2) is 9.97 Å². The average molecular weight is 453 g/mol. The number of nitrogen functional groups attached to an aromatic ring is 1. The molecule has 0 aliphatic carbocycles. The number of fused-ring (bicyclic) bond motifs is 8. The largest absolute Gasteiger partial charge is 0.451 e. The summed E-state index contributed by atoms with van der Waals surface area (Å²) < 4.78 is 11.4. The number of rotatable bonds is 5. The lowest BCUT2D eigenvalue weighted by molar-refractivity contribution is 0.0857. The lowest BCUT2D eigenvalue weighted by Gasteiger charge is -2.18. The number of hydrogen-bond acceptors (Lipinski definition) is 6. The zero-order valence-electron chi connectivity index (χ0n) is 19.0. The molecule has 0 saturated carbocycles. The van der Waals surface area contributed by atoms with Crippen LogP contribution in [0.25, 0.3) is 0 Å². The van der Waals surface area contributed by atoms with Gasteiger partial charge < -0.3 is 20.2 Å². The highest BCUT2D eigenvalue weighted by molar-refractivity contribution is 5.94. The molecule has 0 spiro atoms. The summed E-state index contributed by atoms with van der Waals surface area (Å²) in [6, 6.07) is 14.1. The molecule has 2 unspecified atom stereocenters. The Morgan fingerprint density at radius 3 is 2.56 bits per heavy atom. The molecule has 4 aromatic rings. The van der Waals surface area contributed by atoms with Crippen LogP contribution >= 0.6 is 0 Å². The van der Waals surface area contributed by atoms with E-state index in [4.69, 9.17) is 14.9 Å². The molecule has 7 heteroatoms. The molecule has 2 bridgehead atoms. The van der Waals surface area contributed by atoms with Crippen molar-refractivity contribution >= 4 is 11.7 Å². The Morgan fingerprint density at radius 2 is 1.79 bits per heavy atom. The van der Waals surface area contributed by atoms with Crippen LogP contribution in [0.15, 0.2) is 59.5 Å². The second-order valence-electron chi connectivity index (χ2n) is 8.97. The van der Waals surface area contributed by atoms with E-state index in [1.165, 1.54) is 12.0 Å². The lowest BCUT2D eigenvalue weighted by Crippen LogP contribution is -2.24. The number of oxazole rings is 1. The minimum Gasteiger partial charge on any atom is -0.451 e. The number of carbonyl (C=O) groups excluding carboxylic acids is 1. The highest BCUT2D eigenvalue weighted by Gasteiger charge is 2.43. The number of aryl methyl sites for hydroxylation is 2. The summed E-state index contributed by atoms with van der Waals surface area (Å²) in [6.07, 6.45) is 3.57. The van der Waals surface area contributed by atoms with Gasteiger partial charge in [-0.05, 0) is 71.0 Å². The second kappa shape index (κ2) is 7.81. The van der Waals surface area contributed by atoms with Gasteiger partial charge in [-0.2, -0.15) is 0 Å². The number of ether oxygens (including phenoxy) is 1. The molecule has 0 radical (unpaired) electrons. The fourth-order valence-electron chi connectivity index (χ4n) is 5.11. The van der Waals surface area contributed by atoms with Crippen LogP contribution in [0.1, 0.15) is 72.9 Å². The smallest absolute Gasteiger partial charge is 0.251 e. The number of amides is 1. The van der Waals surface area contributed by atoms with E-state index >= 15 is 0 Å². The molecular weight excluding hydrogens is 428 g/mol. The van der Waals surface area contributed by atoms with E-state index in [-0.39, 0.29) is 18.1 Å².